The third-order valence-corrected chi connectivity index (χ3v) is 6.79. The van der Waals surface area contributed by atoms with Gasteiger partial charge >= 0.3 is 0 Å². The Morgan fingerprint density at radius 2 is 1.95 bits per heavy atom. The standard InChI is InChI=1S/C25H26N6O5S/c1-16-19(18-5-6-22-23(12-18)36-9-8-35-22)3-2-4-21(16)29-25(32)20-11-17(13-27-7-10-37(26,33)34)14-31-15-28-30-24(20)31/h2-6,11-12,14-15,27H,7-10,13H2,1H3,(H,29,32)(H2,26,33,34). The second kappa shape index (κ2) is 10.2. The number of carbonyl (C=O) groups excluding carboxylic acids is 1. The molecule has 5 rings (SSSR count). The van der Waals surface area contributed by atoms with Crippen molar-refractivity contribution in [2.75, 3.05) is 30.8 Å². The van der Waals surface area contributed by atoms with E-state index in [0.717, 1.165) is 22.3 Å². The highest BCUT2D eigenvalue weighted by molar-refractivity contribution is 7.89. The van der Waals surface area contributed by atoms with Crippen molar-refractivity contribution < 1.29 is 22.7 Å². The van der Waals surface area contributed by atoms with Crippen LogP contribution in [-0.2, 0) is 16.6 Å². The van der Waals surface area contributed by atoms with E-state index >= 15 is 0 Å². The van der Waals surface area contributed by atoms with E-state index in [4.69, 9.17) is 14.6 Å². The van der Waals surface area contributed by atoms with E-state index in [1.165, 1.54) is 6.33 Å². The van der Waals surface area contributed by atoms with Crippen LogP contribution in [0.25, 0.3) is 16.8 Å². The predicted octanol–water partition coefficient (Wildman–Crippen LogP) is 2.11. The largest absolute Gasteiger partial charge is 0.486 e. The average Bonchev–Trinajstić information content (AvgIpc) is 3.35. The number of amides is 1. The van der Waals surface area contributed by atoms with Crippen molar-refractivity contribution in [2.24, 2.45) is 5.14 Å². The molecule has 4 aromatic rings. The molecule has 4 N–H and O–H groups in total. The molecule has 0 aliphatic carbocycles. The molecule has 0 unspecified atom stereocenters. The highest BCUT2D eigenvalue weighted by Gasteiger charge is 2.18. The van der Waals surface area contributed by atoms with Gasteiger partial charge in [0.15, 0.2) is 17.1 Å². The first-order valence-corrected chi connectivity index (χ1v) is 13.3. The topological polar surface area (TPSA) is 150 Å². The molecule has 1 aliphatic rings. The van der Waals surface area contributed by atoms with E-state index in [-0.39, 0.29) is 18.2 Å². The lowest BCUT2D eigenvalue weighted by atomic mass is 9.98. The summed E-state index contributed by atoms with van der Waals surface area (Å²) < 4.78 is 35.3. The van der Waals surface area contributed by atoms with Crippen molar-refractivity contribution in [3.8, 4) is 22.6 Å². The van der Waals surface area contributed by atoms with Crippen molar-refractivity contribution >= 4 is 27.3 Å². The summed E-state index contributed by atoms with van der Waals surface area (Å²) in [5.74, 6) is 0.885. The van der Waals surface area contributed by atoms with Gasteiger partial charge in [-0.3, -0.25) is 9.20 Å². The van der Waals surface area contributed by atoms with E-state index in [0.29, 0.717) is 48.2 Å². The fraction of sp³-hybridized carbons (Fsp3) is 0.240. The molecule has 12 heteroatoms. The van der Waals surface area contributed by atoms with Crippen LogP contribution in [0.3, 0.4) is 0 Å². The van der Waals surface area contributed by atoms with Gasteiger partial charge in [-0.05, 0) is 53.4 Å². The molecule has 0 radical (unpaired) electrons. The van der Waals surface area contributed by atoms with Crippen LogP contribution < -0.4 is 25.2 Å². The second-order valence-corrected chi connectivity index (χ2v) is 10.4. The van der Waals surface area contributed by atoms with Crippen molar-refractivity contribution in [2.45, 2.75) is 13.5 Å². The number of hydrogen-bond donors (Lipinski definition) is 3. The van der Waals surface area contributed by atoms with Crippen LogP contribution in [0.4, 0.5) is 5.69 Å². The normalized spacial score (nSPS) is 13.0. The Morgan fingerprint density at radius 1 is 1.14 bits per heavy atom. The molecular formula is C25H26N6O5S. The number of fused-ring (bicyclic) bond motifs is 2. The van der Waals surface area contributed by atoms with Gasteiger partial charge in [0, 0.05) is 25.0 Å². The molecule has 3 heterocycles. The van der Waals surface area contributed by atoms with Crippen LogP contribution in [0.5, 0.6) is 11.5 Å². The number of primary sulfonamides is 1. The molecule has 1 amide bonds. The minimum atomic E-state index is -3.56. The van der Waals surface area contributed by atoms with Crippen LogP contribution in [0.1, 0.15) is 21.5 Å². The van der Waals surface area contributed by atoms with E-state index < -0.39 is 10.0 Å². The van der Waals surface area contributed by atoms with E-state index in [1.54, 1.807) is 16.7 Å². The summed E-state index contributed by atoms with van der Waals surface area (Å²) in [5, 5.41) is 19.1. The lowest BCUT2D eigenvalue weighted by Crippen LogP contribution is -2.27. The summed E-state index contributed by atoms with van der Waals surface area (Å²) in [5.41, 5.74) is 4.96. The third kappa shape index (κ3) is 5.56. The maximum absolute atomic E-state index is 13.4. The van der Waals surface area contributed by atoms with E-state index in [9.17, 15) is 13.2 Å². The number of rotatable bonds is 8. The van der Waals surface area contributed by atoms with Gasteiger partial charge in [-0.1, -0.05) is 18.2 Å². The van der Waals surface area contributed by atoms with E-state index in [1.807, 2.05) is 43.3 Å². The quantitative estimate of drug-likeness (QED) is 0.298. The molecule has 0 spiro atoms. The molecule has 0 atom stereocenters. The minimum Gasteiger partial charge on any atom is -0.486 e. The number of hydrogen-bond acceptors (Lipinski definition) is 8. The highest BCUT2D eigenvalue weighted by atomic mass is 32.2. The minimum absolute atomic E-state index is 0.186. The SMILES string of the molecule is Cc1c(NC(=O)c2cc(CNCCS(N)(=O)=O)cn3cnnc23)cccc1-c1ccc2c(c1)OCCO2. The van der Waals surface area contributed by atoms with Gasteiger partial charge in [0.2, 0.25) is 10.0 Å². The van der Waals surface area contributed by atoms with Crippen LogP contribution in [0.2, 0.25) is 0 Å². The number of nitrogens with zero attached hydrogens (tertiary/aromatic N) is 3. The monoisotopic (exact) mass is 522 g/mol. The molecule has 1 aliphatic heterocycles. The number of aromatic nitrogens is 3. The Hall–Kier alpha value is -4.00. The van der Waals surface area contributed by atoms with Crippen molar-refractivity contribution in [3.63, 3.8) is 0 Å². The fourth-order valence-corrected chi connectivity index (χ4v) is 4.62. The number of anilines is 1. The van der Waals surface area contributed by atoms with Crippen LogP contribution in [0, 0.1) is 6.92 Å². The maximum Gasteiger partial charge on any atom is 0.259 e. The Balaban J connectivity index is 1.38. The molecule has 37 heavy (non-hydrogen) atoms. The molecular weight excluding hydrogens is 496 g/mol. The zero-order valence-electron chi connectivity index (χ0n) is 20.1. The fourth-order valence-electron chi connectivity index (χ4n) is 4.19. The average molecular weight is 523 g/mol. The summed E-state index contributed by atoms with van der Waals surface area (Å²) in [7, 11) is -3.56. The number of benzene rings is 2. The molecule has 0 saturated carbocycles. The smallest absolute Gasteiger partial charge is 0.259 e. The maximum atomic E-state index is 13.4. The summed E-state index contributed by atoms with van der Waals surface area (Å²) >= 11 is 0. The van der Waals surface area contributed by atoms with Gasteiger partial charge in [-0.2, -0.15) is 0 Å². The van der Waals surface area contributed by atoms with Gasteiger partial charge < -0.3 is 20.1 Å². The first-order chi connectivity index (χ1) is 17.8. The zero-order valence-corrected chi connectivity index (χ0v) is 20.9. The Morgan fingerprint density at radius 3 is 2.76 bits per heavy atom. The summed E-state index contributed by atoms with van der Waals surface area (Å²) in [4.78, 5) is 13.4. The summed E-state index contributed by atoms with van der Waals surface area (Å²) in [6, 6.07) is 13.2. The molecule has 0 fully saturated rings. The number of nitrogens with two attached hydrogens (primary N) is 1. The lowest BCUT2D eigenvalue weighted by Gasteiger charge is -2.20. The lowest BCUT2D eigenvalue weighted by molar-refractivity contribution is 0.102. The van der Waals surface area contributed by atoms with Crippen molar-refractivity contribution in [1.82, 2.24) is 19.9 Å². The van der Waals surface area contributed by atoms with Gasteiger partial charge in [-0.15, -0.1) is 10.2 Å². The number of nitrogens with one attached hydrogen (secondary N) is 2. The zero-order chi connectivity index (χ0) is 26.0. The van der Waals surface area contributed by atoms with Crippen molar-refractivity contribution in [3.05, 3.63) is 71.7 Å². The Kier molecular flexibility index (Phi) is 6.78. The molecule has 2 aromatic heterocycles. The number of sulfonamides is 1. The number of ether oxygens (including phenoxy) is 2. The van der Waals surface area contributed by atoms with Crippen LogP contribution in [-0.4, -0.2) is 54.4 Å². The number of pyridine rings is 1. The summed E-state index contributed by atoms with van der Waals surface area (Å²) in [6.07, 6.45) is 3.29. The summed E-state index contributed by atoms with van der Waals surface area (Å²) in [6.45, 7) is 3.50. The first kappa shape index (κ1) is 24.7. The van der Waals surface area contributed by atoms with Crippen LogP contribution >= 0.6 is 0 Å². The third-order valence-electron chi connectivity index (χ3n) is 6.02. The van der Waals surface area contributed by atoms with Gasteiger partial charge in [0.25, 0.3) is 5.91 Å². The highest BCUT2D eigenvalue weighted by Crippen LogP contribution is 2.37. The first-order valence-electron chi connectivity index (χ1n) is 11.6. The Labute approximate surface area is 213 Å². The molecule has 0 bridgehead atoms. The molecule has 11 nitrogen and oxygen atoms in total. The molecule has 192 valence electrons. The van der Waals surface area contributed by atoms with Gasteiger partial charge in [0.05, 0.1) is 11.3 Å². The van der Waals surface area contributed by atoms with Crippen LogP contribution in [0.15, 0.2) is 55.0 Å². The van der Waals surface area contributed by atoms with Gasteiger partial charge in [-0.25, -0.2) is 13.6 Å². The number of carbonyl (C=O) groups is 1. The predicted molar refractivity (Wildman–Crippen MR) is 138 cm³/mol. The molecule has 0 saturated heterocycles. The van der Waals surface area contributed by atoms with E-state index in [2.05, 4.69) is 20.8 Å². The van der Waals surface area contributed by atoms with Crippen molar-refractivity contribution in [1.29, 1.82) is 0 Å². The van der Waals surface area contributed by atoms with Gasteiger partial charge in [0.1, 0.15) is 19.5 Å². The molecule has 2 aromatic carbocycles. The Bertz CT molecular complexity index is 1580. The second-order valence-electron chi connectivity index (χ2n) is 8.66.